The molecule has 0 amide bonds. The van der Waals surface area contributed by atoms with Crippen molar-refractivity contribution in [3.8, 4) is 0 Å². The summed E-state index contributed by atoms with van der Waals surface area (Å²) >= 11 is 0. The molecular weight excluding hydrogens is 182 g/mol. The maximum absolute atomic E-state index is 10.5. The van der Waals surface area contributed by atoms with E-state index in [-0.39, 0.29) is 11.9 Å². The molecule has 1 atom stereocenters. The Bertz CT molecular complexity index is 370. The van der Waals surface area contributed by atoms with Crippen LogP contribution < -0.4 is 0 Å². The molecule has 0 saturated heterocycles. The Balaban J connectivity index is 2.19. The smallest absolute Gasteiger partial charge is 0.375 e. The van der Waals surface area contributed by atoms with E-state index in [1.807, 2.05) is 6.08 Å². The molecule has 5 nitrogen and oxygen atoms in total. The number of aromatic carboxylic acids is 1. The van der Waals surface area contributed by atoms with Crippen molar-refractivity contribution in [3.05, 3.63) is 24.3 Å². The van der Waals surface area contributed by atoms with Crippen molar-refractivity contribution in [2.75, 3.05) is 0 Å². The minimum absolute atomic E-state index is 0.135. The average molecular weight is 193 g/mol. The van der Waals surface area contributed by atoms with E-state index in [0.29, 0.717) is 0 Å². The highest BCUT2D eigenvalue weighted by Crippen LogP contribution is 2.20. The molecule has 1 aromatic heterocycles. The molecule has 1 aliphatic carbocycles. The van der Waals surface area contributed by atoms with E-state index in [2.05, 4.69) is 16.2 Å². The van der Waals surface area contributed by atoms with Gasteiger partial charge in [-0.15, -0.1) is 5.10 Å². The van der Waals surface area contributed by atoms with Crippen LogP contribution in [-0.2, 0) is 0 Å². The van der Waals surface area contributed by atoms with E-state index in [1.54, 1.807) is 4.68 Å². The van der Waals surface area contributed by atoms with Gasteiger partial charge in [-0.05, 0) is 19.3 Å². The first-order chi connectivity index (χ1) is 6.77. The molecule has 2 rings (SSSR count). The zero-order valence-corrected chi connectivity index (χ0v) is 7.63. The molecule has 0 bridgehead atoms. The number of allylic oxidation sites excluding steroid dienone is 2. The van der Waals surface area contributed by atoms with Gasteiger partial charge in [-0.2, -0.15) is 0 Å². The summed E-state index contributed by atoms with van der Waals surface area (Å²) < 4.78 is 1.61. The molecule has 5 heteroatoms. The summed E-state index contributed by atoms with van der Waals surface area (Å²) in [5.41, 5.74) is 0. The molecule has 1 heterocycles. The van der Waals surface area contributed by atoms with Crippen LogP contribution in [0.2, 0.25) is 0 Å². The van der Waals surface area contributed by atoms with Crippen LogP contribution in [0.5, 0.6) is 0 Å². The number of carboxylic acids is 1. The van der Waals surface area contributed by atoms with Crippen LogP contribution >= 0.6 is 0 Å². The van der Waals surface area contributed by atoms with Crippen LogP contribution in [0.15, 0.2) is 18.5 Å². The topological polar surface area (TPSA) is 68.0 Å². The van der Waals surface area contributed by atoms with Gasteiger partial charge in [0.15, 0.2) is 0 Å². The number of carbonyl (C=O) groups is 1. The number of nitrogens with zero attached hydrogens (tertiary/aromatic N) is 3. The summed E-state index contributed by atoms with van der Waals surface area (Å²) in [4.78, 5) is 14.3. The van der Waals surface area contributed by atoms with Crippen molar-refractivity contribution in [2.45, 2.75) is 25.3 Å². The molecule has 1 unspecified atom stereocenters. The first-order valence-corrected chi connectivity index (χ1v) is 4.58. The Labute approximate surface area is 81.1 Å². The van der Waals surface area contributed by atoms with Gasteiger partial charge in [-0.25, -0.2) is 14.5 Å². The van der Waals surface area contributed by atoms with Gasteiger partial charge in [-0.1, -0.05) is 12.2 Å². The van der Waals surface area contributed by atoms with E-state index in [0.717, 1.165) is 19.3 Å². The fourth-order valence-corrected chi connectivity index (χ4v) is 1.55. The van der Waals surface area contributed by atoms with Crippen molar-refractivity contribution < 1.29 is 9.90 Å². The third kappa shape index (κ3) is 1.66. The van der Waals surface area contributed by atoms with Gasteiger partial charge in [0.05, 0.1) is 6.04 Å². The van der Waals surface area contributed by atoms with Crippen LogP contribution in [0.25, 0.3) is 0 Å². The Kier molecular flexibility index (Phi) is 2.30. The monoisotopic (exact) mass is 193 g/mol. The van der Waals surface area contributed by atoms with Gasteiger partial charge >= 0.3 is 5.97 Å². The number of carboxylic acid groups (broad SMARTS) is 1. The van der Waals surface area contributed by atoms with Crippen molar-refractivity contribution in [1.82, 2.24) is 14.8 Å². The zero-order valence-electron chi connectivity index (χ0n) is 7.63. The van der Waals surface area contributed by atoms with Crippen LogP contribution in [0.1, 0.15) is 35.9 Å². The van der Waals surface area contributed by atoms with Crippen LogP contribution in [0, 0.1) is 0 Å². The minimum Gasteiger partial charge on any atom is -0.475 e. The fraction of sp³-hybridized carbons (Fsp3) is 0.444. The molecule has 0 aromatic carbocycles. The molecule has 0 radical (unpaired) electrons. The molecule has 14 heavy (non-hydrogen) atoms. The Morgan fingerprint density at radius 2 is 2.50 bits per heavy atom. The summed E-state index contributed by atoms with van der Waals surface area (Å²) in [5, 5.41) is 12.5. The average Bonchev–Trinajstić information content (AvgIpc) is 2.68. The van der Waals surface area contributed by atoms with Crippen molar-refractivity contribution in [2.24, 2.45) is 0 Å². The Hall–Kier alpha value is -1.65. The molecule has 0 saturated carbocycles. The molecule has 1 N–H and O–H groups in total. The normalized spacial score (nSPS) is 21.0. The van der Waals surface area contributed by atoms with Gasteiger partial charge in [0, 0.05) is 0 Å². The van der Waals surface area contributed by atoms with E-state index >= 15 is 0 Å². The van der Waals surface area contributed by atoms with Crippen LogP contribution in [0.4, 0.5) is 0 Å². The van der Waals surface area contributed by atoms with E-state index < -0.39 is 5.97 Å². The third-order valence-corrected chi connectivity index (χ3v) is 2.27. The van der Waals surface area contributed by atoms with Gasteiger partial charge < -0.3 is 5.11 Å². The standard InChI is InChI=1S/C9H11N3O2/c13-9(14)8-10-6-12(11-8)7-4-2-1-3-5-7/h2,4,6-7H,1,3,5H2,(H,13,14). The van der Waals surface area contributed by atoms with Crippen molar-refractivity contribution in [3.63, 3.8) is 0 Å². The molecule has 0 fully saturated rings. The summed E-state index contributed by atoms with van der Waals surface area (Å²) in [6, 6.07) is 0.171. The second kappa shape index (κ2) is 3.61. The predicted molar refractivity (Wildman–Crippen MR) is 49.0 cm³/mol. The molecule has 0 aliphatic heterocycles. The lowest BCUT2D eigenvalue weighted by Gasteiger charge is -2.15. The maximum Gasteiger partial charge on any atom is 0.375 e. The van der Waals surface area contributed by atoms with Crippen molar-refractivity contribution in [1.29, 1.82) is 0 Å². The second-order valence-electron chi connectivity index (χ2n) is 3.28. The van der Waals surface area contributed by atoms with E-state index in [9.17, 15) is 4.79 Å². The second-order valence-corrected chi connectivity index (χ2v) is 3.28. The predicted octanol–water partition coefficient (Wildman–Crippen LogP) is 1.26. The summed E-state index contributed by atoms with van der Waals surface area (Å²) in [6.07, 6.45) is 8.82. The molecule has 1 aromatic rings. The largest absolute Gasteiger partial charge is 0.475 e. The van der Waals surface area contributed by atoms with Crippen LogP contribution in [0.3, 0.4) is 0 Å². The number of rotatable bonds is 2. The Morgan fingerprint density at radius 1 is 1.64 bits per heavy atom. The lowest BCUT2D eigenvalue weighted by atomic mass is 10.0. The number of hydrogen-bond acceptors (Lipinski definition) is 3. The fourth-order valence-electron chi connectivity index (χ4n) is 1.55. The third-order valence-electron chi connectivity index (χ3n) is 2.27. The lowest BCUT2D eigenvalue weighted by Crippen LogP contribution is -2.10. The van der Waals surface area contributed by atoms with Gasteiger partial charge in [-0.3, -0.25) is 0 Å². The molecule has 1 aliphatic rings. The summed E-state index contributed by atoms with van der Waals surface area (Å²) in [6.45, 7) is 0. The summed E-state index contributed by atoms with van der Waals surface area (Å²) in [5.74, 6) is -1.22. The Morgan fingerprint density at radius 3 is 3.07 bits per heavy atom. The van der Waals surface area contributed by atoms with E-state index in [1.165, 1.54) is 6.33 Å². The number of hydrogen-bond donors (Lipinski definition) is 1. The highest BCUT2D eigenvalue weighted by atomic mass is 16.4. The zero-order chi connectivity index (χ0) is 9.97. The highest BCUT2D eigenvalue weighted by molar-refractivity contribution is 5.82. The lowest BCUT2D eigenvalue weighted by molar-refractivity contribution is 0.0683. The SMILES string of the molecule is O=C(O)c1ncn(C2C=CCCC2)n1. The highest BCUT2D eigenvalue weighted by Gasteiger charge is 2.14. The van der Waals surface area contributed by atoms with Gasteiger partial charge in [0.25, 0.3) is 5.82 Å². The molecule has 0 spiro atoms. The molecule has 74 valence electrons. The van der Waals surface area contributed by atoms with Gasteiger partial charge in [0.2, 0.25) is 0 Å². The van der Waals surface area contributed by atoms with E-state index in [4.69, 9.17) is 5.11 Å². The first-order valence-electron chi connectivity index (χ1n) is 4.58. The van der Waals surface area contributed by atoms with Crippen LogP contribution in [-0.4, -0.2) is 25.8 Å². The summed E-state index contributed by atoms with van der Waals surface area (Å²) in [7, 11) is 0. The van der Waals surface area contributed by atoms with Gasteiger partial charge in [0.1, 0.15) is 6.33 Å². The molecular formula is C9H11N3O2. The minimum atomic E-state index is -1.08. The first kappa shape index (κ1) is 8.93. The van der Waals surface area contributed by atoms with Crippen molar-refractivity contribution >= 4 is 5.97 Å². The quantitative estimate of drug-likeness (QED) is 0.718. The maximum atomic E-state index is 10.5. The number of aromatic nitrogens is 3.